The Morgan fingerprint density at radius 3 is 2.56 bits per heavy atom. The number of amides is 1. The van der Waals surface area contributed by atoms with Gasteiger partial charge in [-0.05, 0) is 17.7 Å². The molecule has 0 aliphatic rings. The fourth-order valence-electron chi connectivity index (χ4n) is 2.32. The van der Waals surface area contributed by atoms with Crippen molar-refractivity contribution >= 4 is 29.2 Å². The number of halogens is 1. The molecule has 0 spiro atoms. The van der Waals surface area contributed by atoms with Crippen LogP contribution in [0.2, 0.25) is 5.02 Å². The second kappa shape index (κ2) is 9.54. The van der Waals surface area contributed by atoms with E-state index in [1.807, 2.05) is 30.3 Å². The molecule has 1 atom stereocenters. The fourth-order valence-corrected chi connectivity index (χ4v) is 2.49. The molecule has 2 aromatic carbocycles. The second-order valence-corrected chi connectivity index (χ2v) is 5.93. The minimum absolute atomic E-state index is 0.0998. The van der Waals surface area contributed by atoms with Gasteiger partial charge in [-0.3, -0.25) is 14.9 Å². The summed E-state index contributed by atoms with van der Waals surface area (Å²) in [4.78, 5) is 34.4. The van der Waals surface area contributed by atoms with Crippen LogP contribution in [0.25, 0.3) is 0 Å². The smallest absolute Gasteiger partial charge is 0.328 e. The Labute approximate surface area is 160 Å². The summed E-state index contributed by atoms with van der Waals surface area (Å²) in [7, 11) is 1.22. The van der Waals surface area contributed by atoms with E-state index in [0.29, 0.717) is 0 Å². The maximum atomic E-state index is 12.1. The maximum Gasteiger partial charge on any atom is 0.328 e. The van der Waals surface area contributed by atoms with E-state index in [9.17, 15) is 19.7 Å². The lowest BCUT2D eigenvalue weighted by Gasteiger charge is -2.17. The molecule has 0 bridgehead atoms. The molecule has 0 unspecified atom stereocenters. The van der Waals surface area contributed by atoms with Gasteiger partial charge in [-0.2, -0.15) is 0 Å². The fraction of sp³-hybridized carbons (Fsp3) is 0.222. The third kappa shape index (κ3) is 5.96. The lowest BCUT2D eigenvalue weighted by atomic mass is 10.1. The zero-order valence-corrected chi connectivity index (χ0v) is 15.1. The summed E-state index contributed by atoms with van der Waals surface area (Å²) in [5, 5.41) is 13.7. The number of benzene rings is 2. The first-order valence-corrected chi connectivity index (χ1v) is 8.26. The number of carbonyl (C=O) groups is 2. The minimum Gasteiger partial charge on any atom is -0.477 e. The Morgan fingerprint density at radius 2 is 1.93 bits per heavy atom. The third-order valence-corrected chi connectivity index (χ3v) is 3.82. The molecule has 1 amide bonds. The van der Waals surface area contributed by atoms with Crippen LogP contribution in [0.15, 0.2) is 48.5 Å². The normalized spacial score (nSPS) is 11.3. The van der Waals surface area contributed by atoms with Crippen molar-refractivity contribution in [2.24, 2.45) is 0 Å². The van der Waals surface area contributed by atoms with Crippen LogP contribution in [-0.2, 0) is 20.7 Å². The number of nitrogens with zero attached hydrogens (tertiary/aromatic N) is 1. The highest BCUT2D eigenvalue weighted by molar-refractivity contribution is 6.30. The molecular weight excluding hydrogens is 376 g/mol. The molecule has 0 aliphatic carbocycles. The molecule has 2 aromatic rings. The molecule has 2 rings (SSSR count). The van der Waals surface area contributed by atoms with Crippen LogP contribution in [0.1, 0.15) is 5.56 Å². The van der Waals surface area contributed by atoms with Gasteiger partial charge in [0.15, 0.2) is 12.4 Å². The summed E-state index contributed by atoms with van der Waals surface area (Å²) in [6.45, 7) is -0.509. The predicted octanol–water partition coefficient (Wildman–Crippen LogP) is 2.53. The molecule has 0 heterocycles. The molecule has 0 saturated heterocycles. The number of rotatable bonds is 8. The Bertz CT molecular complexity index is 828. The number of nitro groups is 1. The SMILES string of the molecule is COC(=O)[C@@H](Cc1ccccc1)NC(=O)COc1ccc(Cl)cc1[N+](=O)[O-]. The van der Waals surface area contributed by atoms with E-state index in [-0.39, 0.29) is 22.9 Å². The molecule has 142 valence electrons. The number of esters is 1. The van der Waals surface area contributed by atoms with Crippen LogP contribution < -0.4 is 10.1 Å². The van der Waals surface area contributed by atoms with Crippen LogP contribution in [0.3, 0.4) is 0 Å². The Morgan fingerprint density at radius 1 is 1.22 bits per heavy atom. The lowest BCUT2D eigenvalue weighted by Crippen LogP contribution is -2.44. The first-order valence-electron chi connectivity index (χ1n) is 7.88. The van der Waals surface area contributed by atoms with E-state index in [1.54, 1.807) is 0 Å². The van der Waals surface area contributed by atoms with Gasteiger partial charge >= 0.3 is 11.7 Å². The van der Waals surface area contributed by atoms with Crippen LogP contribution in [0.5, 0.6) is 5.75 Å². The summed E-state index contributed by atoms with van der Waals surface area (Å²) in [5.41, 5.74) is 0.478. The summed E-state index contributed by atoms with van der Waals surface area (Å²) in [5.74, 6) is -1.33. The highest BCUT2D eigenvalue weighted by atomic mass is 35.5. The quantitative estimate of drug-likeness (QED) is 0.420. The van der Waals surface area contributed by atoms with E-state index in [2.05, 4.69) is 5.32 Å². The standard InChI is InChI=1S/C18H17ClN2O6/c1-26-18(23)14(9-12-5-3-2-4-6-12)20-17(22)11-27-16-8-7-13(19)10-15(16)21(24)25/h2-8,10,14H,9,11H2,1H3,(H,20,22)/t14-/m1/s1. The van der Waals surface area contributed by atoms with E-state index < -0.39 is 29.4 Å². The van der Waals surface area contributed by atoms with Gasteiger partial charge in [-0.15, -0.1) is 0 Å². The van der Waals surface area contributed by atoms with Gasteiger partial charge in [-0.25, -0.2) is 4.79 Å². The van der Waals surface area contributed by atoms with Crippen molar-refractivity contribution in [3.05, 3.63) is 69.2 Å². The van der Waals surface area contributed by atoms with E-state index in [0.717, 1.165) is 11.6 Å². The van der Waals surface area contributed by atoms with Crippen LogP contribution in [-0.4, -0.2) is 36.6 Å². The van der Waals surface area contributed by atoms with Gasteiger partial charge in [-0.1, -0.05) is 41.9 Å². The zero-order chi connectivity index (χ0) is 19.8. The van der Waals surface area contributed by atoms with Gasteiger partial charge in [0.1, 0.15) is 6.04 Å². The molecule has 0 radical (unpaired) electrons. The first kappa shape index (κ1) is 20.2. The number of nitrogens with one attached hydrogen (secondary N) is 1. The van der Waals surface area contributed by atoms with E-state index >= 15 is 0 Å². The third-order valence-electron chi connectivity index (χ3n) is 3.58. The van der Waals surface area contributed by atoms with Crippen molar-refractivity contribution < 1.29 is 24.0 Å². The topological polar surface area (TPSA) is 108 Å². The molecule has 8 nitrogen and oxygen atoms in total. The Hall–Kier alpha value is -3.13. The van der Waals surface area contributed by atoms with Crippen molar-refractivity contribution in [3.8, 4) is 5.75 Å². The van der Waals surface area contributed by atoms with E-state index in [4.69, 9.17) is 21.1 Å². The Kier molecular flexibility index (Phi) is 7.13. The second-order valence-electron chi connectivity index (χ2n) is 5.49. The van der Waals surface area contributed by atoms with Crippen molar-refractivity contribution in [1.82, 2.24) is 5.32 Å². The number of carbonyl (C=O) groups excluding carboxylic acids is 2. The highest BCUT2D eigenvalue weighted by Crippen LogP contribution is 2.29. The highest BCUT2D eigenvalue weighted by Gasteiger charge is 2.23. The summed E-state index contributed by atoms with van der Waals surface area (Å²) in [6, 6.07) is 12.0. The molecule has 1 N–H and O–H groups in total. The van der Waals surface area contributed by atoms with Crippen molar-refractivity contribution in [3.63, 3.8) is 0 Å². The van der Waals surface area contributed by atoms with Crippen molar-refractivity contribution in [1.29, 1.82) is 0 Å². The number of hydrogen-bond acceptors (Lipinski definition) is 6. The molecule has 0 aromatic heterocycles. The average Bonchev–Trinajstić information content (AvgIpc) is 2.66. The maximum absolute atomic E-state index is 12.1. The monoisotopic (exact) mass is 392 g/mol. The molecule has 0 fully saturated rings. The van der Waals surface area contributed by atoms with Gasteiger partial charge in [0, 0.05) is 17.5 Å². The van der Waals surface area contributed by atoms with Gasteiger partial charge in [0.2, 0.25) is 0 Å². The van der Waals surface area contributed by atoms with Crippen molar-refractivity contribution in [2.45, 2.75) is 12.5 Å². The van der Waals surface area contributed by atoms with Crippen LogP contribution in [0, 0.1) is 10.1 Å². The largest absolute Gasteiger partial charge is 0.477 e. The number of methoxy groups -OCH3 is 1. The zero-order valence-electron chi connectivity index (χ0n) is 14.4. The first-order chi connectivity index (χ1) is 12.9. The van der Waals surface area contributed by atoms with Crippen molar-refractivity contribution in [2.75, 3.05) is 13.7 Å². The lowest BCUT2D eigenvalue weighted by molar-refractivity contribution is -0.385. The molecule has 27 heavy (non-hydrogen) atoms. The molecule has 9 heteroatoms. The summed E-state index contributed by atoms with van der Waals surface area (Å²) >= 11 is 5.73. The Balaban J connectivity index is 2.02. The summed E-state index contributed by atoms with van der Waals surface area (Å²) < 4.78 is 9.93. The van der Waals surface area contributed by atoms with Gasteiger partial charge in [0.05, 0.1) is 12.0 Å². The molecular formula is C18H17ClN2O6. The average molecular weight is 393 g/mol. The van der Waals surface area contributed by atoms with Gasteiger partial charge < -0.3 is 14.8 Å². The van der Waals surface area contributed by atoms with Crippen LogP contribution >= 0.6 is 11.6 Å². The minimum atomic E-state index is -0.909. The molecule has 0 saturated carbocycles. The number of ether oxygens (including phenoxy) is 2. The van der Waals surface area contributed by atoms with Crippen LogP contribution in [0.4, 0.5) is 5.69 Å². The predicted molar refractivity (Wildman–Crippen MR) is 97.7 cm³/mol. The van der Waals surface area contributed by atoms with Gasteiger partial charge in [0.25, 0.3) is 5.91 Å². The number of nitro benzene ring substituents is 1. The van der Waals surface area contributed by atoms with E-state index in [1.165, 1.54) is 19.2 Å². The number of hydrogen-bond donors (Lipinski definition) is 1. The summed E-state index contributed by atoms with van der Waals surface area (Å²) in [6.07, 6.45) is 0.236. The molecule has 0 aliphatic heterocycles.